The van der Waals surface area contributed by atoms with E-state index in [1.807, 2.05) is 113 Å². The maximum Gasteiger partial charge on any atom is 0.330 e. The van der Waals surface area contributed by atoms with Gasteiger partial charge in [0, 0.05) is 10.9 Å². The molecule has 0 bridgehead atoms. The first-order valence-electron chi connectivity index (χ1n) is 17.9. The van der Waals surface area contributed by atoms with Gasteiger partial charge in [-0.3, -0.25) is 25.0 Å². The molecule has 0 aliphatic carbocycles. The summed E-state index contributed by atoms with van der Waals surface area (Å²) in [5, 5.41) is 30.4. The Morgan fingerprint density at radius 1 is 0.667 bits per heavy atom. The summed E-state index contributed by atoms with van der Waals surface area (Å²) in [7, 11) is 0. The van der Waals surface area contributed by atoms with E-state index in [4.69, 9.17) is 4.74 Å². The standard InChI is InChI=1S/C41H48N4O8S/c1-25(2)19-33(42-31(37(47)48)22-29-17-15-28(16-18-29)21-27-11-7-5-8-12-27)39(51)53-40(52)34(20-26(3)4)43-32(38(49)50)23-36(46)45-41-44-35(24-54-41)30-13-9-6-10-14-30/h5-18,24-26,31-34,42-43H,19-23H2,1-4H3,(H,47,48)(H,49,50)(H,44,45,46). The molecule has 1 aromatic heterocycles. The molecule has 0 aliphatic rings. The number of hydrogen-bond acceptors (Lipinski definition) is 10. The zero-order chi connectivity index (χ0) is 39.2. The highest BCUT2D eigenvalue weighted by atomic mass is 32.1. The van der Waals surface area contributed by atoms with Crippen LogP contribution in [0.3, 0.4) is 0 Å². The van der Waals surface area contributed by atoms with E-state index in [9.17, 15) is 34.2 Å². The molecule has 1 amide bonds. The first-order chi connectivity index (χ1) is 25.8. The molecule has 13 heteroatoms. The molecular weight excluding hydrogens is 709 g/mol. The maximum absolute atomic E-state index is 13.5. The Labute approximate surface area is 319 Å². The van der Waals surface area contributed by atoms with Gasteiger partial charge in [0.05, 0.1) is 12.1 Å². The van der Waals surface area contributed by atoms with Crippen molar-refractivity contribution in [1.82, 2.24) is 15.6 Å². The summed E-state index contributed by atoms with van der Waals surface area (Å²) in [4.78, 5) is 69.0. The average molecular weight is 757 g/mol. The second kappa shape index (κ2) is 20.3. The van der Waals surface area contributed by atoms with E-state index in [2.05, 4.69) is 20.9 Å². The monoisotopic (exact) mass is 756 g/mol. The lowest BCUT2D eigenvalue weighted by Gasteiger charge is -2.26. The molecule has 12 nitrogen and oxygen atoms in total. The number of carbonyl (C=O) groups is 5. The van der Waals surface area contributed by atoms with Gasteiger partial charge < -0.3 is 20.3 Å². The van der Waals surface area contributed by atoms with Crippen LogP contribution in [-0.4, -0.2) is 69.1 Å². The van der Waals surface area contributed by atoms with E-state index >= 15 is 0 Å². The number of ether oxygens (including phenoxy) is 1. The minimum absolute atomic E-state index is 0.0713. The van der Waals surface area contributed by atoms with Crippen molar-refractivity contribution in [3.8, 4) is 11.3 Å². The van der Waals surface area contributed by atoms with Gasteiger partial charge >= 0.3 is 23.9 Å². The number of nitrogens with zero attached hydrogens (tertiary/aromatic N) is 1. The van der Waals surface area contributed by atoms with Gasteiger partial charge in [0.1, 0.15) is 24.2 Å². The largest absolute Gasteiger partial charge is 0.480 e. The summed E-state index contributed by atoms with van der Waals surface area (Å²) in [5.74, 6) is -5.38. The molecule has 0 spiro atoms. The van der Waals surface area contributed by atoms with Crippen LogP contribution in [0.5, 0.6) is 0 Å². The Morgan fingerprint density at radius 3 is 1.70 bits per heavy atom. The normalized spacial score (nSPS) is 13.5. The Bertz CT molecular complexity index is 1850. The molecule has 0 saturated carbocycles. The van der Waals surface area contributed by atoms with E-state index in [0.717, 1.165) is 28.7 Å². The van der Waals surface area contributed by atoms with Crippen LogP contribution in [0.15, 0.2) is 90.3 Å². The summed E-state index contributed by atoms with van der Waals surface area (Å²) >= 11 is 1.19. The first kappa shape index (κ1) is 41.5. The van der Waals surface area contributed by atoms with Crippen molar-refractivity contribution >= 4 is 46.3 Å². The molecule has 5 N–H and O–H groups in total. The molecule has 286 valence electrons. The number of aromatic nitrogens is 1. The fourth-order valence-corrected chi connectivity index (χ4v) is 6.59. The van der Waals surface area contributed by atoms with Crippen LogP contribution in [0.4, 0.5) is 5.13 Å². The van der Waals surface area contributed by atoms with E-state index in [0.29, 0.717) is 5.69 Å². The molecule has 0 saturated heterocycles. The maximum atomic E-state index is 13.5. The lowest BCUT2D eigenvalue weighted by molar-refractivity contribution is -0.163. The average Bonchev–Trinajstić information content (AvgIpc) is 3.59. The number of nitrogens with one attached hydrogen (secondary N) is 3. The third-order valence-corrected chi connectivity index (χ3v) is 9.27. The Morgan fingerprint density at radius 2 is 1.17 bits per heavy atom. The van der Waals surface area contributed by atoms with Crippen molar-refractivity contribution in [3.63, 3.8) is 0 Å². The number of thiazole rings is 1. The molecular formula is C41H48N4O8S. The highest BCUT2D eigenvalue weighted by Crippen LogP contribution is 2.25. The van der Waals surface area contributed by atoms with Gasteiger partial charge in [-0.1, -0.05) is 113 Å². The lowest BCUT2D eigenvalue weighted by atomic mass is 9.98. The van der Waals surface area contributed by atoms with Crippen molar-refractivity contribution in [2.24, 2.45) is 11.8 Å². The number of aliphatic carboxylic acids is 2. The van der Waals surface area contributed by atoms with Gasteiger partial charge in [0.15, 0.2) is 5.13 Å². The quantitative estimate of drug-likeness (QED) is 0.0530. The van der Waals surface area contributed by atoms with Gasteiger partial charge in [-0.25, -0.2) is 14.6 Å². The number of carboxylic acids is 2. The zero-order valence-electron chi connectivity index (χ0n) is 30.9. The minimum Gasteiger partial charge on any atom is -0.480 e. The van der Waals surface area contributed by atoms with E-state index in [1.54, 1.807) is 5.38 Å². The van der Waals surface area contributed by atoms with Crippen molar-refractivity contribution < 1.29 is 38.9 Å². The van der Waals surface area contributed by atoms with Crippen LogP contribution >= 0.6 is 11.3 Å². The fraction of sp³-hybridized carbons (Fsp3) is 0.366. The van der Waals surface area contributed by atoms with Gasteiger partial charge in [-0.15, -0.1) is 11.3 Å². The van der Waals surface area contributed by atoms with Crippen LogP contribution < -0.4 is 16.0 Å². The Kier molecular flexibility index (Phi) is 15.6. The molecule has 4 atom stereocenters. The number of amides is 1. The molecule has 4 unspecified atom stereocenters. The molecule has 54 heavy (non-hydrogen) atoms. The second-order valence-corrected chi connectivity index (χ2v) is 14.9. The Hall–Kier alpha value is -5.24. The Balaban J connectivity index is 1.40. The molecule has 0 radical (unpaired) electrons. The van der Waals surface area contributed by atoms with Crippen LogP contribution in [0, 0.1) is 11.8 Å². The van der Waals surface area contributed by atoms with Crippen LogP contribution in [0.25, 0.3) is 11.3 Å². The molecule has 4 aromatic rings. The number of rotatable bonds is 20. The summed E-state index contributed by atoms with van der Waals surface area (Å²) in [6, 6.07) is 21.9. The fourth-order valence-electron chi connectivity index (χ4n) is 5.86. The predicted octanol–water partition coefficient (Wildman–Crippen LogP) is 5.96. The molecule has 0 aliphatic heterocycles. The van der Waals surface area contributed by atoms with E-state index in [1.165, 1.54) is 11.3 Å². The zero-order valence-corrected chi connectivity index (χ0v) is 31.7. The van der Waals surface area contributed by atoms with E-state index in [-0.39, 0.29) is 36.2 Å². The second-order valence-electron chi connectivity index (χ2n) is 14.1. The van der Waals surface area contributed by atoms with Gasteiger partial charge in [-0.2, -0.15) is 0 Å². The van der Waals surface area contributed by atoms with Crippen molar-refractivity contribution in [2.75, 3.05) is 5.32 Å². The lowest BCUT2D eigenvalue weighted by Crippen LogP contribution is -2.52. The highest BCUT2D eigenvalue weighted by molar-refractivity contribution is 7.14. The van der Waals surface area contributed by atoms with E-state index < -0.39 is 60.4 Å². The van der Waals surface area contributed by atoms with Crippen molar-refractivity contribution in [2.45, 2.75) is 84.0 Å². The SMILES string of the molecule is CC(C)CC(NC(CC(=O)Nc1nc(-c2ccccc2)cs1)C(=O)O)C(=O)OC(=O)C(CC(C)C)NC(Cc1ccc(Cc2ccccc2)cc1)C(=O)O. The molecule has 4 rings (SSSR count). The molecule has 0 fully saturated rings. The minimum atomic E-state index is -1.50. The van der Waals surface area contributed by atoms with Crippen molar-refractivity contribution in [3.05, 3.63) is 107 Å². The molecule has 3 aromatic carbocycles. The summed E-state index contributed by atoms with van der Waals surface area (Å²) in [6.07, 6.45) is 0.551. The summed E-state index contributed by atoms with van der Waals surface area (Å²) < 4.78 is 5.31. The topological polar surface area (TPSA) is 184 Å². The number of esters is 2. The highest BCUT2D eigenvalue weighted by Gasteiger charge is 2.34. The first-order valence-corrected chi connectivity index (χ1v) is 18.8. The third kappa shape index (κ3) is 13.3. The van der Waals surface area contributed by atoms with Crippen LogP contribution in [-0.2, 0) is 41.6 Å². The summed E-state index contributed by atoms with van der Waals surface area (Å²) in [5.41, 5.74) is 4.48. The number of carboxylic acid groups (broad SMARTS) is 2. The van der Waals surface area contributed by atoms with Gasteiger partial charge in [-0.05, 0) is 54.2 Å². The third-order valence-electron chi connectivity index (χ3n) is 8.51. The number of carbonyl (C=O) groups excluding carboxylic acids is 3. The summed E-state index contributed by atoms with van der Waals surface area (Å²) in [6.45, 7) is 7.33. The number of hydrogen-bond donors (Lipinski definition) is 5. The number of benzene rings is 3. The number of anilines is 1. The predicted molar refractivity (Wildman–Crippen MR) is 207 cm³/mol. The van der Waals surface area contributed by atoms with Gasteiger partial charge in [0.2, 0.25) is 5.91 Å². The van der Waals surface area contributed by atoms with Crippen LogP contribution in [0.2, 0.25) is 0 Å². The van der Waals surface area contributed by atoms with Gasteiger partial charge in [0.25, 0.3) is 0 Å². The smallest absolute Gasteiger partial charge is 0.330 e. The molecule has 1 heterocycles. The van der Waals surface area contributed by atoms with Crippen LogP contribution in [0.1, 0.15) is 63.6 Å². The van der Waals surface area contributed by atoms with Crippen molar-refractivity contribution in [1.29, 1.82) is 0 Å².